The lowest BCUT2D eigenvalue weighted by atomic mass is 10.1. The maximum absolute atomic E-state index is 12.9. The minimum atomic E-state index is -0.521. The van der Waals surface area contributed by atoms with Gasteiger partial charge in [-0.05, 0) is 66.7 Å². The third-order valence-corrected chi connectivity index (χ3v) is 3.65. The van der Waals surface area contributed by atoms with Gasteiger partial charge >= 0.3 is 5.97 Å². The van der Waals surface area contributed by atoms with Crippen molar-refractivity contribution in [3.8, 4) is 11.5 Å². The van der Waals surface area contributed by atoms with Crippen molar-refractivity contribution >= 4 is 23.0 Å². The second-order valence-electron chi connectivity index (χ2n) is 5.50. The van der Waals surface area contributed by atoms with Gasteiger partial charge in [-0.25, -0.2) is 9.18 Å². The van der Waals surface area contributed by atoms with Crippen LogP contribution in [0.2, 0.25) is 0 Å². The predicted octanol–water partition coefficient (Wildman–Crippen LogP) is 4.73. The van der Waals surface area contributed by atoms with E-state index in [-0.39, 0.29) is 11.4 Å². The Bertz CT molecular complexity index is 909. The monoisotopic (exact) mass is 352 g/mol. The minimum Gasteiger partial charge on any atom is -0.465 e. The summed E-state index contributed by atoms with van der Waals surface area (Å²) in [6.45, 7) is 0. The molecule has 0 saturated heterocycles. The number of esters is 1. The van der Waals surface area contributed by atoms with E-state index in [1.807, 2.05) is 12.1 Å². The Kier molecular flexibility index (Phi) is 5.03. The van der Waals surface area contributed by atoms with Crippen LogP contribution in [0.3, 0.4) is 0 Å². The van der Waals surface area contributed by atoms with Crippen LogP contribution >= 0.6 is 0 Å². The fourth-order valence-electron chi connectivity index (χ4n) is 2.33. The lowest BCUT2D eigenvalue weighted by Crippen LogP contribution is -2.05. The number of hydrogen-bond donors (Lipinski definition) is 2. The number of rotatable bonds is 5. The zero-order valence-corrected chi connectivity index (χ0v) is 14.0. The number of carbonyl (C=O) groups excluding carboxylic acids is 1. The highest BCUT2D eigenvalue weighted by atomic mass is 19.1. The normalized spacial score (nSPS) is 10.2. The standard InChI is InChI=1S/C20H17FN2O3/c1-25-20(24)18-12-17(10-11-19(18)22)26-16-8-6-15(7-9-16)23-14-4-2-13(21)3-5-14/h2-12,23H,22H2,1H3. The van der Waals surface area contributed by atoms with Crippen molar-refractivity contribution in [1.29, 1.82) is 0 Å². The Labute approximate surface area is 150 Å². The molecule has 5 nitrogen and oxygen atoms in total. The molecule has 132 valence electrons. The van der Waals surface area contributed by atoms with Crippen LogP contribution in [0.4, 0.5) is 21.5 Å². The molecule has 3 aromatic carbocycles. The second kappa shape index (κ2) is 7.57. The third kappa shape index (κ3) is 4.10. The summed E-state index contributed by atoms with van der Waals surface area (Å²) in [5.41, 5.74) is 7.95. The zero-order valence-electron chi connectivity index (χ0n) is 14.0. The first-order valence-corrected chi connectivity index (χ1v) is 7.83. The summed E-state index contributed by atoms with van der Waals surface area (Å²) in [7, 11) is 1.29. The zero-order chi connectivity index (χ0) is 18.5. The first-order valence-electron chi connectivity index (χ1n) is 7.83. The van der Waals surface area contributed by atoms with Crippen LogP contribution in [0.15, 0.2) is 66.7 Å². The average molecular weight is 352 g/mol. The molecule has 0 aliphatic heterocycles. The summed E-state index contributed by atoms with van der Waals surface area (Å²) >= 11 is 0. The van der Waals surface area contributed by atoms with Crippen molar-refractivity contribution in [2.24, 2.45) is 0 Å². The number of nitrogen functional groups attached to an aromatic ring is 1. The van der Waals surface area contributed by atoms with Crippen LogP contribution in [-0.2, 0) is 4.74 Å². The maximum atomic E-state index is 12.9. The van der Waals surface area contributed by atoms with Gasteiger partial charge in [0.2, 0.25) is 0 Å². The SMILES string of the molecule is COC(=O)c1cc(Oc2ccc(Nc3ccc(F)cc3)cc2)ccc1N. The van der Waals surface area contributed by atoms with Gasteiger partial charge in [0, 0.05) is 17.1 Å². The molecule has 0 radical (unpaired) electrons. The van der Waals surface area contributed by atoms with Crippen LogP contribution in [0.5, 0.6) is 11.5 Å². The molecule has 0 saturated carbocycles. The van der Waals surface area contributed by atoms with Crippen molar-refractivity contribution in [2.45, 2.75) is 0 Å². The largest absolute Gasteiger partial charge is 0.465 e. The van der Waals surface area contributed by atoms with Gasteiger partial charge in [0.1, 0.15) is 17.3 Å². The van der Waals surface area contributed by atoms with Crippen LogP contribution in [0.25, 0.3) is 0 Å². The first kappa shape index (κ1) is 17.3. The molecule has 3 aromatic rings. The highest BCUT2D eigenvalue weighted by Crippen LogP contribution is 2.27. The number of hydrogen-bond acceptors (Lipinski definition) is 5. The second-order valence-corrected chi connectivity index (χ2v) is 5.50. The van der Waals surface area contributed by atoms with E-state index in [2.05, 4.69) is 5.32 Å². The van der Waals surface area contributed by atoms with Crippen LogP contribution < -0.4 is 15.8 Å². The molecule has 3 N–H and O–H groups in total. The molecule has 0 amide bonds. The van der Waals surface area contributed by atoms with E-state index in [0.717, 1.165) is 11.4 Å². The fraction of sp³-hybridized carbons (Fsp3) is 0.0500. The lowest BCUT2D eigenvalue weighted by molar-refractivity contribution is 0.0601. The van der Waals surface area contributed by atoms with E-state index >= 15 is 0 Å². The number of halogens is 1. The molecule has 0 spiro atoms. The van der Waals surface area contributed by atoms with Crippen molar-refractivity contribution in [3.63, 3.8) is 0 Å². The number of nitrogens with one attached hydrogen (secondary N) is 1. The summed E-state index contributed by atoms with van der Waals surface area (Å²) in [4.78, 5) is 11.7. The Balaban J connectivity index is 1.71. The predicted molar refractivity (Wildman–Crippen MR) is 98.4 cm³/mol. The van der Waals surface area contributed by atoms with Crippen LogP contribution in [0.1, 0.15) is 10.4 Å². The average Bonchev–Trinajstić information content (AvgIpc) is 2.66. The number of methoxy groups -OCH3 is 1. The minimum absolute atomic E-state index is 0.250. The molecule has 6 heteroatoms. The molecular weight excluding hydrogens is 335 g/mol. The van der Waals surface area contributed by atoms with E-state index in [1.54, 1.807) is 36.4 Å². The molecule has 0 bridgehead atoms. The highest BCUT2D eigenvalue weighted by Gasteiger charge is 2.11. The molecule has 3 rings (SSSR count). The van der Waals surface area contributed by atoms with Gasteiger partial charge in [0.05, 0.1) is 12.7 Å². The summed E-state index contributed by atoms with van der Waals surface area (Å²) in [5, 5.41) is 3.16. The Morgan fingerprint density at radius 3 is 2.12 bits per heavy atom. The lowest BCUT2D eigenvalue weighted by Gasteiger charge is -2.10. The molecule has 26 heavy (non-hydrogen) atoms. The molecule has 0 unspecified atom stereocenters. The third-order valence-electron chi connectivity index (χ3n) is 3.65. The summed E-state index contributed by atoms with van der Waals surface area (Å²) in [6.07, 6.45) is 0. The molecular formula is C20H17FN2O3. The topological polar surface area (TPSA) is 73.6 Å². The summed E-state index contributed by atoms with van der Waals surface area (Å²) in [6, 6.07) is 18.1. The Hall–Kier alpha value is -3.54. The maximum Gasteiger partial charge on any atom is 0.340 e. The Morgan fingerprint density at radius 2 is 1.50 bits per heavy atom. The number of anilines is 3. The smallest absolute Gasteiger partial charge is 0.340 e. The van der Waals surface area contributed by atoms with E-state index in [0.29, 0.717) is 17.2 Å². The van der Waals surface area contributed by atoms with Crippen molar-refractivity contribution in [3.05, 3.63) is 78.1 Å². The fourth-order valence-corrected chi connectivity index (χ4v) is 2.33. The van der Waals surface area contributed by atoms with Crippen molar-refractivity contribution < 1.29 is 18.7 Å². The molecule has 0 fully saturated rings. The van der Waals surface area contributed by atoms with Gasteiger partial charge in [-0.2, -0.15) is 0 Å². The Morgan fingerprint density at radius 1 is 0.923 bits per heavy atom. The van der Waals surface area contributed by atoms with Gasteiger partial charge in [0.25, 0.3) is 0 Å². The first-order chi connectivity index (χ1) is 12.5. The highest BCUT2D eigenvalue weighted by molar-refractivity contribution is 5.95. The molecule has 0 aliphatic carbocycles. The van der Waals surface area contributed by atoms with Gasteiger partial charge in [-0.3, -0.25) is 0 Å². The van der Waals surface area contributed by atoms with Crippen molar-refractivity contribution in [2.75, 3.05) is 18.2 Å². The van der Waals surface area contributed by atoms with Crippen LogP contribution in [-0.4, -0.2) is 13.1 Å². The number of ether oxygens (including phenoxy) is 2. The quantitative estimate of drug-likeness (QED) is 0.513. The summed E-state index contributed by atoms with van der Waals surface area (Å²) in [5.74, 6) is 0.259. The summed E-state index contributed by atoms with van der Waals surface area (Å²) < 4.78 is 23.4. The number of nitrogens with two attached hydrogens (primary N) is 1. The molecule has 0 atom stereocenters. The number of benzene rings is 3. The number of carbonyl (C=O) groups is 1. The molecule has 0 aliphatic rings. The van der Waals surface area contributed by atoms with Gasteiger partial charge in [0.15, 0.2) is 0 Å². The van der Waals surface area contributed by atoms with E-state index in [4.69, 9.17) is 15.2 Å². The molecule has 0 heterocycles. The van der Waals surface area contributed by atoms with Crippen molar-refractivity contribution in [1.82, 2.24) is 0 Å². The van der Waals surface area contributed by atoms with Gasteiger partial charge in [-0.15, -0.1) is 0 Å². The van der Waals surface area contributed by atoms with Gasteiger partial charge < -0.3 is 20.5 Å². The van der Waals surface area contributed by atoms with E-state index < -0.39 is 5.97 Å². The molecule has 0 aromatic heterocycles. The van der Waals surface area contributed by atoms with Crippen LogP contribution in [0, 0.1) is 5.82 Å². The van der Waals surface area contributed by atoms with E-state index in [1.165, 1.54) is 25.3 Å². The van der Waals surface area contributed by atoms with E-state index in [9.17, 15) is 9.18 Å². The van der Waals surface area contributed by atoms with Gasteiger partial charge in [-0.1, -0.05) is 0 Å².